The molecule has 4 nitrogen and oxygen atoms in total. The molecule has 3 rings (SSSR count). The van der Waals surface area contributed by atoms with Crippen molar-refractivity contribution in [3.05, 3.63) is 35.4 Å². The number of rotatable bonds is 3. The Labute approximate surface area is 155 Å². The van der Waals surface area contributed by atoms with Crippen LogP contribution in [0.3, 0.4) is 0 Å². The highest BCUT2D eigenvalue weighted by Gasteiger charge is 2.32. The van der Waals surface area contributed by atoms with Gasteiger partial charge in [-0.05, 0) is 36.4 Å². The van der Waals surface area contributed by atoms with Gasteiger partial charge in [0.2, 0.25) is 0 Å². The van der Waals surface area contributed by atoms with Crippen molar-refractivity contribution in [2.45, 2.75) is 18.6 Å². The molecule has 2 fully saturated rings. The Morgan fingerprint density at radius 2 is 1.85 bits per heavy atom. The van der Waals surface area contributed by atoms with E-state index in [1.165, 1.54) is 12.1 Å². The quantitative estimate of drug-likeness (QED) is 0.797. The molecular weight excluding hydrogens is 365 g/mol. The zero-order valence-electron chi connectivity index (χ0n) is 14.5. The van der Waals surface area contributed by atoms with Crippen LogP contribution in [0.15, 0.2) is 24.3 Å². The SMILES string of the molecule is O=C(c1ccc(C(F)(F)F)cc1)N1CCCSCC1CN1CCOCC1. The van der Waals surface area contributed by atoms with Gasteiger partial charge in [-0.2, -0.15) is 24.9 Å². The Morgan fingerprint density at radius 3 is 2.50 bits per heavy atom. The number of ether oxygens (including phenoxy) is 1. The van der Waals surface area contributed by atoms with E-state index in [-0.39, 0.29) is 11.9 Å². The third-order valence-corrected chi connectivity index (χ3v) is 5.93. The van der Waals surface area contributed by atoms with Crippen molar-refractivity contribution in [1.82, 2.24) is 9.80 Å². The van der Waals surface area contributed by atoms with Gasteiger partial charge in [-0.25, -0.2) is 0 Å². The van der Waals surface area contributed by atoms with Gasteiger partial charge in [-0.15, -0.1) is 0 Å². The van der Waals surface area contributed by atoms with Crippen LogP contribution >= 0.6 is 11.8 Å². The number of hydrogen-bond acceptors (Lipinski definition) is 4. The highest BCUT2D eigenvalue weighted by atomic mass is 32.2. The minimum atomic E-state index is -4.39. The van der Waals surface area contributed by atoms with E-state index in [4.69, 9.17) is 4.74 Å². The van der Waals surface area contributed by atoms with Gasteiger partial charge >= 0.3 is 6.18 Å². The highest BCUT2D eigenvalue weighted by Crippen LogP contribution is 2.29. The maximum atomic E-state index is 13.0. The first-order valence-corrected chi connectivity index (χ1v) is 9.97. The molecule has 0 saturated carbocycles. The van der Waals surface area contributed by atoms with E-state index < -0.39 is 11.7 Å². The third kappa shape index (κ3) is 4.92. The van der Waals surface area contributed by atoms with Crippen LogP contribution < -0.4 is 0 Å². The molecular formula is C18H23F3N2O2S. The Balaban J connectivity index is 1.73. The molecule has 2 heterocycles. The molecule has 2 saturated heterocycles. The standard InChI is InChI=1S/C18H23F3N2O2S/c19-18(20,21)15-4-2-14(3-5-15)17(24)23-6-1-11-26-13-16(23)12-22-7-9-25-10-8-22/h2-5,16H,1,6-13H2. The molecule has 2 aliphatic heterocycles. The molecule has 1 aromatic rings. The van der Waals surface area contributed by atoms with E-state index in [9.17, 15) is 18.0 Å². The van der Waals surface area contributed by atoms with Crippen molar-refractivity contribution in [1.29, 1.82) is 0 Å². The normalized spacial score (nSPS) is 22.9. The number of carbonyl (C=O) groups is 1. The third-order valence-electron chi connectivity index (χ3n) is 4.73. The summed E-state index contributed by atoms with van der Waals surface area (Å²) in [4.78, 5) is 17.1. The number of hydrogen-bond donors (Lipinski definition) is 0. The van der Waals surface area contributed by atoms with E-state index >= 15 is 0 Å². The number of halogens is 3. The first-order chi connectivity index (χ1) is 12.4. The number of morpholine rings is 1. The molecule has 1 unspecified atom stereocenters. The monoisotopic (exact) mass is 388 g/mol. The zero-order chi connectivity index (χ0) is 18.6. The van der Waals surface area contributed by atoms with Crippen molar-refractivity contribution < 1.29 is 22.7 Å². The summed E-state index contributed by atoms with van der Waals surface area (Å²) in [7, 11) is 0. The summed E-state index contributed by atoms with van der Waals surface area (Å²) in [5.74, 6) is 1.67. The summed E-state index contributed by atoms with van der Waals surface area (Å²) >= 11 is 1.83. The van der Waals surface area contributed by atoms with Crippen molar-refractivity contribution in [3.8, 4) is 0 Å². The van der Waals surface area contributed by atoms with Crippen LogP contribution in [0.2, 0.25) is 0 Å². The van der Waals surface area contributed by atoms with Gasteiger partial charge in [-0.3, -0.25) is 9.69 Å². The summed E-state index contributed by atoms with van der Waals surface area (Å²) in [6.07, 6.45) is -3.49. The van der Waals surface area contributed by atoms with Crippen LogP contribution in [-0.4, -0.2) is 72.6 Å². The fraction of sp³-hybridized carbons (Fsp3) is 0.611. The smallest absolute Gasteiger partial charge is 0.379 e. The minimum Gasteiger partial charge on any atom is -0.379 e. The number of benzene rings is 1. The first kappa shape index (κ1) is 19.5. The maximum Gasteiger partial charge on any atom is 0.416 e. The largest absolute Gasteiger partial charge is 0.416 e. The summed E-state index contributed by atoms with van der Waals surface area (Å²) < 4.78 is 43.6. The lowest BCUT2D eigenvalue weighted by Crippen LogP contribution is -2.50. The number of nitrogens with zero attached hydrogens (tertiary/aromatic N) is 2. The van der Waals surface area contributed by atoms with Crippen LogP contribution in [0.4, 0.5) is 13.2 Å². The van der Waals surface area contributed by atoms with E-state index in [1.807, 2.05) is 16.7 Å². The fourth-order valence-electron chi connectivity index (χ4n) is 3.30. The number of thioether (sulfide) groups is 1. The molecule has 1 atom stereocenters. The molecule has 2 aliphatic rings. The molecule has 0 radical (unpaired) electrons. The van der Waals surface area contributed by atoms with Gasteiger partial charge in [0.15, 0.2) is 0 Å². The van der Waals surface area contributed by atoms with Gasteiger partial charge in [0.1, 0.15) is 0 Å². The second-order valence-corrected chi connectivity index (χ2v) is 7.72. The number of amides is 1. The Bertz CT molecular complexity index is 603. The summed E-state index contributed by atoms with van der Waals surface area (Å²) in [5, 5.41) is 0. The minimum absolute atomic E-state index is 0.0652. The number of carbonyl (C=O) groups excluding carboxylic acids is 1. The van der Waals surface area contributed by atoms with Crippen molar-refractivity contribution >= 4 is 17.7 Å². The molecule has 1 aromatic carbocycles. The second-order valence-electron chi connectivity index (χ2n) is 6.57. The van der Waals surface area contributed by atoms with Crippen LogP contribution in [0, 0.1) is 0 Å². The Hall–Kier alpha value is -1.25. The predicted octanol–water partition coefficient (Wildman–Crippen LogP) is 2.99. The topological polar surface area (TPSA) is 32.8 Å². The molecule has 0 spiro atoms. The van der Waals surface area contributed by atoms with E-state index in [0.717, 1.165) is 49.7 Å². The average Bonchev–Trinajstić information content (AvgIpc) is 2.87. The molecule has 8 heteroatoms. The van der Waals surface area contributed by atoms with Gasteiger partial charge in [0, 0.05) is 37.5 Å². The fourth-order valence-corrected chi connectivity index (χ4v) is 4.35. The van der Waals surface area contributed by atoms with Gasteiger partial charge in [0.05, 0.1) is 24.8 Å². The summed E-state index contributed by atoms with van der Waals surface area (Å²) in [6, 6.07) is 4.60. The van der Waals surface area contributed by atoms with E-state index in [2.05, 4.69) is 4.90 Å². The maximum absolute atomic E-state index is 13.0. The van der Waals surface area contributed by atoms with Crippen LogP contribution in [0.5, 0.6) is 0 Å². The first-order valence-electron chi connectivity index (χ1n) is 8.81. The molecule has 0 N–H and O–H groups in total. The van der Waals surface area contributed by atoms with Crippen LogP contribution in [0.25, 0.3) is 0 Å². The van der Waals surface area contributed by atoms with Crippen LogP contribution in [0.1, 0.15) is 22.3 Å². The van der Waals surface area contributed by atoms with Crippen molar-refractivity contribution in [3.63, 3.8) is 0 Å². The molecule has 26 heavy (non-hydrogen) atoms. The summed E-state index contributed by atoms with van der Waals surface area (Å²) in [5.41, 5.74) is -0.415. The van der Waals surface area contributed by atoms with Gasteiger partial charge in [0.25, 0.3) is 5.91 Å². The molecule has 0 bridgehead atoms. The Morgan fingerprint density at radius 1 is 1.15 bits per heavy atom. The molecule has 0 aromatic heterocycles. The van der Waals surface area contributed by atoms with Gasteiger partial charge in [-0.1, -0.05) is 0 Å². The average molecular weight is 388 g/mol. The lowest BCUT2D eigenvalue weighted by molar-refractivity contribution is -0.137. The molecule has 1 amide bonds. The molecule has 144 valence electrons. The summed E-state index contributed by atoms with van der Waals surface area (Å²) in [6.45, 7) is 4.52. The second kappa shape index (κ2) is 8.63. The Kier molecular flexibility index (Phi) is 6.47. The number of alkyl halides is 3. The lowest BCUT2D eigenvalue weighted by Gasteiger charge is -2.35. The van der Waals surface area contributed by atoms with E-state index in [1.54, 1.807) is 0 Å². The van der Waals surface area contributed by atoms with Crippen molar-refractivity contribution in [2.24, 2.45) is 0 Å². The van der Waals surface area contributed by atoms with Crippen LogP contribution in [-0.2, 0) is 10.9 Å². The van der Waals surface area contributed by atoms with E-state index in [0.29, 0.717) is 25.3 Å². The van der Waals surface area contributed by atoms with Crippen molar-refractivity contribution in [2.75, 3.05) is 50.9 Å². The zero-order valence-corrected chi connectivity index (χ0v) is 15.3. The predicted molar refractivity (Wildman–Crippen MR) is 95.5 cm³/mol. The van der Waals surface area contributed by atoms with Gasteiger partial charge < -0.3 is 9.64 Å². The molecule has 0 aliphatic carbocycles. The highest BCUT2D eigenvalue weighted by molar-refractivity contribution is 7.99. The lowest BCUT2D eigenvalue weighted by atomic mass is 10.1.